The molecule has 0 spiro atoms. The van der Waals surface area contributed by atoms with Gasteiger partial charge in [-0.15, -0.1) is 29.8 Å². The van der Waals surface area contributed by atoms with E-state index < -0.39 is 0 Å². The van der Waals surface area contributed by atoms with E-state index in [0.29, 0.717) is 11.3 Å². The van der Waals surface area contributed by atoms with E-state index in [0.717, 1.165) is 10.9 Å². The minimum absolute atomic E-state index is 0. The Morgan fingerprint density at radius 3 is 2.72 bits per heavy atom. The predicted molar refractivity (Wildman–Crippen MR) is 63.8 cm³/mol. The van der Waals surface area contributed by atoms with E-state index in [2.05, 4.69) is 16.0 Å². The molecule has 0 fully saturated rings. The van der Waals surface area contributed by atoms with Crippen LogP contribution in [-0.2, 0) is 20.1 Å². The Balaban J connectivity index is 0.00000120. The van der Waals surface area contributed by atoms with Crippen molar-refractivity contribution in [3.8, 4) is 11.3 Å². The van der Waals surface area contributed by atoms with Gasteiger partial charge in [0.2, 0.25) is 0 Å². The van der Waals surface area contributed by atoms with Gasteiger partial charge >= 0.3 is 0 Å². The van der Waals surface area contributed by atoms with E-state index in [9.17, 15) is 4.39 Å². The number of aromatic nitrogens is 2. The molecule has 0 amide bonds. The second-order valence-electron chi connectivity index (χ2n) is 3.66. The van der Waals surface area contributed by atoms with Gasteiger partial charge in [-0.1, -0.05) is 18.2 Å². The minimum Gasteiger partial charge on any atom is -0.285 e. The number of hydrogen-bond acceptors (Lipinski definition) is 2. The Hall–Kier alpha value is -1.64. The molecule has 2 nitrogen and oxygen atoms in total. The van der Waals surface area contributed by atoms with Crippen LogP contribution in [0, 0.1) is 11.9 Å². The molecule has 0 saturated heterocycles. The average Bonchev–Trinajstić information content (AvgIpc) is 2.38. The van der Waals surface area contributed by atoms with Crippen LogP contribution in [0.2, 0.25) is 0 Å². The summed E-state index contributed by atoms with van der Waals surface area (Å²) in [7, 11) is 0. The molecule has 0 N–H and O–H groups in total. The van der Waals surface area contributed by atoms with Gasteiger partial charge in [-0.25, -0.2) is 9.37 Å². The van der Waals surface area contributed by atoms with Crippen molar-refractivity contribution >= 4 is 10.9 Å². The molecule has 91 valence electrons. The Bertz CT molecular complexity index is 680. The van der Waals surface area contributed by atoms with Crippen molar-refractivity contribution in [3.63, 3.8) is 0 Å². The van der Waals surface area contributed by atoms with Crippen molar-refractivity contribution in [2.75, 3.05) is 0 Å². The second kappa shape index (κ2) is 5.34. The van der Waals surface area contributed by atoms with Crippen LogP contribution in [0.4, 0.5) is 4.39 Å². The number of benzene rings is 2. The largest absolute Gasteiger partial charge is 0.285 e. The van der Waals surface area contributed by atoms with Crippen LogP contribution in [0.5, 0.6) is 0 Å². The fourth-order valence-electron chi connectivity index (χ4n) is 1.79. The molecule has 3 aromatic rings. The summed E-state index contributed by atoms with van der Waals surface area (Å²) in [6.45, 7) is 0. The molecule has 2 aromatic carbocycles. The fourth-order valence-corrected chi connectivity index (χ4v) is 1.79. The first-order valence-electron chi connectivity index (χ1n) is 5.22. The monoisotopic (exact) mass is 416 g/mol. The zero-order valence-corrected chi connectivity index (χ0v) is 11.6. The van der Waals surface area contributed by atoms with Crippen molar-refractivity contribution in [3.05, 3.63) is 60.7 Å². The third-order valence-electron chi connectivity index (χ3n) is 2.56. The summed E-state index contributed by atoms with van der Waals surface area (Å²) in [5, 5.41) is 0.900. The molecule has 0 unspecified atom stereocenters. The van der Waals surface area contributed by atoms with Crippen LogP contribution in [-0.4, -0.2) is 9.97 Å². The summed E-state index contributed by atoms with van der Waals surface area (Å²) in [6.07, 6.45) is 1.48. The smallest absolute Gasteiger partial charge is 0.106 e. The molecule has 1 radical (unpaired) electrons. The number of nitrogens with zero attached hydrogens (tertiary/aromatic N) is 2. The van der Waals surface area contributed by atoms with Crippen LogP contribution < -0.4 is 0 Å². The summed E-state index contributed by atoms with van der Waals surface area (Å²) < 4.78 is 13.2. The van der Waals surface area contributed by atoms with Crippen LogP contribution in [0.3, 0.4) is 0 Å². The zero-order chi connectivity index (χ0) is 11.7. The van der Waals surface area contributed by atoms with E-state index in [1.165, 1.54) is 18.5 Å². The average molecular weight is 415 g/mol. The maximum absolute atomic E-state index is 13.2. The van der Waals surface area contributed by atoms with Gasteiger partial charge in [0.1, 0.15) is 6.33 Å². The van der Waals surface area contributed by atoms with Gasteiger partial charge in [0, 0.05) is 25.9 Å². The normalized spacial score (nSPS) is 10.1. The Morgan fingerprint density at radius 1 is 1.06 bits per heavy atom. The van der Waals surface area contributed by atoms with Gasteiger partial charge < -0.3 is 0 Å². The molecule has 18 heavy (non-hydrogen) atoms. The summed E-state index contributed by atoms with van der Waals surface area (Å²) in [5.74, 6) is -0.290. The van der Waals surface area contributed by atoms with E-state index in [-0.39, 0.29) is 25.9 Å². The van der Waals surface area contributed by atoms with E-state index in [1.54, 1.807) is 6.07 Å². The molecule has 1 aromatic heterocycles. The van der Waals surface area contributed by atoms with Crippen molar-refractivity contribution in [1.29, 1.82) is 0 Å². The number of rotatable bonds is 1. The number of hydrogen-bond donors (Lipinski definition) is 0. The molecule has 0 aliphatic carbocycles. The first-order valence-corrected chi connectivity index (χ1v) is 5.22. The Kier molecular flexibility index (Phi) is 3.80. The summed E-state index contributed by atoms with van der Waals surface area (Å²) in [5.41, 5.74) is 2.19. The van der Waals surface area contributed by atoms with Crippen molar-refractivity contribution in [2.45, 2.75) is 0 Å². The van der Waals surface area contributed by atoms with Crippen molar-refractivity contribution < 1.29 is 24.5 Å². The summed E-state index contributed by atoms with van der Waals surface area (Å²) in [6, 6.07) is 15.0. The molecule has 0 aliphatic rings. The summed E-state index contributed by atoms with van der Waals surface area (Å²) in [4.78, 5) is 8.38. The van der Waals surface area contributed by atoms with Gasteiger partial charge in [0.05, 0.1) is 5.52 Å². The zero-order valence-electron chi connectivity index (χ0n) is 9.22. The SMILES string of the molecule is Fc1cc[c-]c(-c2ncnc3ccccc23)c1.[Ir]. The van der Waals surface area contributed by atoms with Gasteiger partial charge in [-0.05, 0) is 17.1 Å². The van der Waals surface area contributed by atoms with E-state index in [4.69, 9.17) is 0 Å². The van der Waals surface area contributed by atoms with E-state index in [1.807, 2.05) is 24.3 Å². The maximum Gasteiger partial charge on any atom is 0.106 e. The first kappa shape index (κ1) is 12.8. The molecule has 0 bridgehead atoms. The second-order valence-corrected chi connectivity index (χ2v) is 3.66. The minimum atomic E-state index is -0.290. The predicted octanol–water partition coefficient (Wildman–Crippen LogP) is 3.23. The molecule has 4 heteroatoms. The van der Waals surface area contributed by atoms with E-state index >= 15 is 0 Å². The molecule has 1 heterocycles. The molecular weight excluding hydrogens is 407 g/mol. The third kappa shape index (κ3) is 2.30. The van der Waals surface area contributed by atoms with Crippen molar-refractivity contribution in [1.82, 2.24) is 9.97 Å². The first-order chi connectivity index (χ1) is 8.34. The van der Waals surface area contributed by atoms with Gasteiger partial charge in [0.15, 0.2) is 0 Å². The molecule has 3 rings (SSSR count). The number of fused-ring (bicyclic) bond motifs is 1. The van der Waals surface area contributed by atoms with Crippen LogP contribution >= 0.6 is 0 Å². The summed E-state index contributed by atoms with van der Waals surface area (Å²) >= 11 is 0. The quantitative estimate of drug-likeness (QED) is 0.571. The molecule has 0 aliphatic heterocycles. The third-order valence-corrected chi connectivity index (χ3v) is 2.56. The molecule has 0 atom stereocenters. The maximum atomic E-state index is 13.2. The van der Waals surface area contributed by atoms with Crippen molar-refractivity contribution in [2.24, 2.45) is 0 Å². The van der Waals surface area contributed by atoms with Gasteiger partial charge in [-0.2, -0.15) is 0 Å². The fraction of sp³-hybridized carbons (Fsp3) is 0. The molecule has 0 saturated carbocycles. The Morgan fingerprint density at radius 2 is 1.89 bits per heavy atom. The van der Waals surface area contributed by atoms with Crippen LogP contribution in [0.15, 0.2) is 48.8 Å². The van der Waals surface area contributed by atoms with Crippen LogP contribution in [0.1, 0.15) is 0 Å². The number of halogens is 1. The van der Waals surface area contributed by atoms with Crippen LogP contribution in [0.25, 0.3) is 22.2 Å². The standard InChI is InChI=1S/C14H8FN2.Ir/c15-11-5-3-4-10(8-11)14-12-6-1-2-7-13(12)16-9-17-14;/h1-3,5-9H;/q-1;. The number of para-hydroxylation sites is 1. The van der Waals surface area contributed by atoms with Gasteiger partial charge in [0.25, 0.3) is 0 Å². The Labute approximate surface area is 117 Å². The molecular formula is C14H8FIrN2-. The van der Waals surface area contributed by atoms with Gasteiger partial charge in [-0.3, -0.25) is 4.98 Å². The topological polar surface area (TPSA) is 25.8 Å².